The third kappa shape index (κ3) is 9.26. The molecule has 1 aromatic carbocycles. The summed E-state index contributed by atoms with van der Waals surface area (Å²) in [7, 11) is 3.09. The first-order chi connectivity index (χ1) is 39.1. The molecule has 10 aliphatic rings. The maximum absolute atomic E-state index is 16.1. The number of ether oxygens (including phenoxy) is 1. The number of guanidine groups is 1. The lowest BCUT2D eigenvalue weighted by Crippen LogP contribution is -2.68. The summed E-state index contributed by atoms with van der Waals surface area (Å²) >= 11 is 0. The van der Waals surface area contributed by atoms with Crippen LogP contribution >= 0.6 is 21.6 Å². The molecule has 0 amide bonds. The molecule has 2 aliphatic heterocycles. The van der Waals surface area contributed by atoms with Crippen molar-refractivity contribution >= 4 is 45.1 Å². The van der Waals surface area contributed by atoms with Gasteiger partial charge in [0.25, 0.3) is 0 Å². The number of Topliss-reactive ketones (excluding diaryl/α,β-unsaturated/α-hetero) is 2. The topological polar surface area (TPSA) is 274 Å². The Bertz CT molecular complexity index is 2970. The SMILES string of the molecule is CC1CCC2=CCC3C(C)CC4(O)CCC3(CC(C3COC(=O)C3c3cc[nH]c3)C#CCC3CC5(O)C6=C7NCC(=O)CC(c8ccc(O)cc8)CSSCC8C(O)C(O)CC(C)(C6CCC5(CCN=C(N)N)C3C4(C)O)C8C7=O)C2C1. The number of benzene rings is 1. The number of phenolic OH excluding ortho intramolecular Hbond substituents is 1. The molecule has 4 bridgehead atoms. The molecular weight excluding hydrogens is 1070 g/mol. The number of ketones is 2. The van der Waals surface area contributed by atoms with E-state index in [9.17, 15) is 40.2 Å². The van der Waals surface area contributed by atoms with Gasteiger partial charge in [0.2, 0.25) is 0 Å². The number of nitrogens with one attached hydrogen (secondary N) is 2. The molecule has 1 aromatic heterocycles. The highest BCUT2D eigenvalue weighted by molar-refractivity contribution is 8.76. The lowest BCUT2D eigenvalue weighted by Gasteiger charge is -2.64. The van der Waals surface area contributed by atoms with Crippen molar-refractivity contribution in [3.63, 3.8) is 0 Å². The van der Waals surface area contributed by atoms with E-state index in [0.717, 1.165) is 36.8 Å². The second kappa shape index (κ2) is 21.6. The number of aromatic nitrogens is 1. The van der Waals surface area contributed by atoms with E-state index in [1.54, 1.807) is 29.9 Å². The number of cyclic esters (lactones) is 1. The normalized spacial score (nSPS) is 45.6. The smallest absolute Gasteiger partial charge is 0.313 e. The molecule has 21 unspecified atom stereocenters. The van der Waals surface area contributed by atoms with Crippen molar-refractivity contribution in [3.05, 3.63) is 76.8 Å². The number of aromatic hydroxyl groups is 1. The monoisotopic (exact) mass is 1160 g/mol. The van der Waals surface area contributed by atoms with E-state index >= 15 is 4.79 Å². The summed E-state index contributed by atoms with van der Waals surface area (Å²) < 4.78 is 6.03. The lowest BCUT2D eigenvalue weighted by atomic mass is 9.42. The molecule has 12 N–H and O–H groups in total. The summed E-state index contributed by atoms with van der Waals surface area (Å²) in [5, 5.41) is 81.0. The third-order valence-corrected chi connectivity index (χ3v) is 26.5. The number of carbonyl (C=O) groups is 3. The first-order valence-corrected chi connectivity index (χ1v) is 33.2. The van der Waals surface area contributed by atoms with E-state index in [1.807, 2.05) is 37.5 Å². The van der Waals surface area contributed by atoms with Gasteiger partial charge in [0.15, 0.2) is 17.5 Å². The molecule has 82 heavy (non-hydrogen) atoms. The maximum Gasteiger partial charge on any atom is 0.313 e. The summed E-state index contributed by atoms with van der Waals surface area (Å²) in [6, 6.07) is 8.83. The number of phenols is 1. The van der Waals surface area contributed by atoms with Crippen LogP contribution in [0.15, 0.2) is 70.6 Å². The van der Waals surface area contributed by atoms with Crippen molar-refractivity contribution in [1.82, 2.24) is 10.3 Å². The fourth-order valence-corrected chi connectivity index (χ4v) is 23.1. The van der Waals surface area contributed by atoms with Gasteiger partial charge in [0.1, 0.15) is 5.75 Å². The number of fused-ring (bicyclic) bond motifs is 10. The van der Waals surface area contributed by atoms with Gasteiger partial charge in [-0.15, -0.1) is 5.92 Å². The summed E-state index contributed by atoms with van der Waals surface area (Å²) in [6.45, 7) is 8.54. The second-order valence-electron chi connectivity index (χ2n) is 28.0. The summed E-state index contributed by atoms with van der Waals surface area (Å²) in [5.74, 6) is 3.99. The van der Waals surface area contributed by atoms with Gasteiger partial charge in [-0.3, -0.25) is 19.4 Å². The highest BCUT2D eigenvalue weighted by atomic mass is 33.1. The number of rotatable bonds is 6. The van der Waals surface area contributed by atoms with Crippen LogP contribution in [0.25, 0.3) is 0 Å². The zero-order valence-corrected chi connectivity index (χ0v) is 49.8. The van der Waals surface area contributed by atoms with Crippen LogP contribution in [0.5, 0.6) is 5.75 Å². The van der Waals surface area contributed by atoms with Crippen LogP contribution in [0.1, 0.15) is 147 Å². The molecule has 444 valence electrons. The van der Waals surface area contributed by atoms with Crippen LogP contribution in [0, 0.1) is 93.2 Å². The largest absolute Gasteiger partial charge is 0.508 e. The Balaban J connectivity index is 1.04. The Morgan fingerprint density at radius 2 is 1.70 bits per heavy atom. The predicted molar refractivity (Wildman–Crippen MR) is 316 cm³/mol. The molecule has 17 heteroatoms. The van der Waals surface area contributed by atoms with Crippen molar-refractivity contribution in [2.45, 2.75) is 165 Å². The average Bonchev–Trinajstić information content (AvgIpc) is 1.39. The van der Waals surface area contributed by atoms with Crippen LogP contribution in [0.3, 0.4) is 0 Å². The Morgan fingerprint density at radius 1 is 0.915 bits per heavy atom. The van der Waals surface area contributed by atoms with Crippen molar-refractivity contribution in [2.24, 2.45) is 97.8 Å². The Hall–Kier alpha value is -4.28. The van der Waals surface area contributed by atoms with Crippen molar-refractivity contribution in [1.29, 1.82) is 0 Å². The van der Waals surface area contributed by atoms with Crippen LogP contribution in [0.4, 0.5) is 0 Å². The fraction of sp³-hybridized carbons (Fsp3) is 0.692. The third-order valence-electron chi connectivity index (χ3n) is 23.9. The molecular formula is C65H87N5O10S2. The zero-order chi connectivity index (χ0) is 57.9. The Labute approximate surface area is 490 Å². The second-order valence-corrected chi connectivity index (χ2v) is 30.6. The first kappa shape index (κ1) is 58.1. The van der Waals surface area contributed by atoms with Crippen LogP contribution < -0.4 is 16.8 Å². The van der Waals surface area contributed by atoms with Gasteiger partial charge < -0.3 is 57.1 Å². The number of nitrogens with zero attached hydrogens (tertiary/aromatic N) is 1. The van der Waals surface area contributed by atoms with E-state index < -0.39 is 75.3 Å². The van der Waals surface area contributed by atoms with Crippen molar-refractivity contribution in [3.8, 4) is 17.6 Å². The zero-order valence-electron chi connectivity index (χ0n) is 48.2. The highest BCUT2D eigenvalue weighted by Gasteiger charge is 2.76. The molecule has 12 rings (SSSR count). The molecule has 5 saturated carbocycles. The van der Waals surface area contributed by atoms with Crippen LogP contribution in [-0.4, -0.2) is 119 Å². The minimum Gasteiger partial charge on any atom is -0.508 e. The van der Waals surface area contributed by atoms with Gasteiger partial charge in [0, 0.05) is 84.2 Å². The van der Waals surface area contributed by atoms with Gasteiger partial charge in [0.05, 0.1) is 53.8 Å². The Morgan fingerprint density at radius 3 is 2.45 bits per heavy atom. The van der Waals surface area contributed by atoms with E-state index in [4.69, 9.17) is 16.2 Å². The highest BCUT2D eigenvalue weighted by Crippen LogP contribution is 2.74. The number of aliphatic imine (C=N–C) groups is 1. The van der Waals surface area contributed by atoms with Crippen molar-refractivity contribution in [2.75, 3.05) is 31.2 Å². The van der Waals surface area contributed by atoms with Gasteiger partial charge in [-0.05, 0) is 172 Å². The predicted octanol–water partition coefficient (Wildman–Crippen LogP) is 7.42. The quantitative estimate of drug-likeness (QED) is 0.0337. The average molecular weight is 1160 g/mol. The van der Waals surface area contributed by atoms with E-state index in [0.29, 0.717) is 61.5 Å². The van der Waals surface area contributed by atoms with Gasteiger partial charge in [-0.1, -0.05) is 72.1 Å². The number of aliphatic hydroxyl groups is 5. The van der Waals surface area contributed by atoms with E-state index in [1.165, 1.54) is 16.4 Å². The van der Waals surface area contributed by atoms with Gasteiger partial charge in [-0.25, -0.2) is 0 Å². The molecule has 21 atom stereocenters. The van der Waals surface area contributed by atoms with Gasteiger partial charge >= 0.3 is 5.97 Å². The van der Waals surface area contributed by atoms with E-state index in [-0.39, 0.29) is 128 Å². The minimum atomic E-state index is -1.88. The molecule has 1 spiro atoms. The number of esters is 1. The number of allylic oxidation sites excluding steroid dienone is 3. The molecule has 2 saturated heterocycles. The molecule has 2 aromatic rings. The molecule has 15 nitrogen and oxygen atoms in total. The number of aromatic amines is 1. The number of aliphatic hydroxyl groups excluding tert-OH is 2. The Kier molecular flexibility index (Phi) is 15.3. The molecule has 8 aliphatic carbocycles. The molecule has 7 fully saturated rings. The number of carbonyl (C=O) groups excluding carboxylic acids is 3. The number of nitrogens with two attached hydrogens (primary N) is 2. The number of H-pyrrole nitrogens is 1. The number of hydrogen-bond acceptors (Lipinski definition) is 14. The standard InChI is InChI=1S/C65H87N5O10S2/c1-35-8-9-38-12-15-47-36(2)26-64(78)20-19-62(47,49(38)24-35)27-39(45-32-80-58(76)51(45)41-17-22-68-30-41)6-5-7-40-28-65(79)53-48(16-18-63(65,21-23-69-59(66)67)57(40)61(64,4)77)60(3)29-50(73)55(74)46-34-82-81-33-42(37-10-13-43(71)14-11-37)25-44(72)31-70-54(53)56(75)52(46)60/h10-14,17,22,30,35-36,39-40,42,45-52,55,57,68,70-71,73-74,77-79H,7-9,15-16,18-21,23-29,31-34H2,1-4H3,(H4,66,67,69). The first-order valence-electron chi connectivity index (χ1n) is 30.7. The lowest BCUT2D eigenvalue weighted by molar-refractivity contribution is -0.228. The fourth-order valence-electron chi connectivity index (χ4n) is 20.3. The summed E-state index contributed by atoms with van der Waals surface area (Å²) in [4.78, 5) is 52.4. The van der Waals surface area contributed by atoms with Crippen LogP contribution in [-0.2, 0) is 19.1 Å². The minimum absolute atomic E-state index is 0.0523. The molecule has 3 heterocycles. The van der Waals surface area contributed by atoms with Crippen molar-refractivity contribution < 1.29 is 49.8 Å². The number of hydrogen-bond donors (Lipinski definition) is 10. The van der Waals surface area contributed by atoms with E-state index in [2.05, 4.69) is 47.1 Å². The van der Waals surface area contributed by atoms with Gasteiger partial charge in [-0.2, -0.15) is 0 Å². The summed E-state index contributed by atoms with van der Waals surface area (Å²) in [5.41, 5.74) is 8.15. The molecule has 0 radical (unpaired) electrons. The maximum atomic E-state index is 16.1. The van der Waals surface area contributed by atoms with Crippen LogP contribution in [0.2, 0.25) is 0 Å². The summed E-state index contributed by atoms with van der Waals surface area (Å²) in [6.07, 6.45) is 11.3.